The molecule has 1 heterocycles. The Bertz CT molecular complexity index is 1000. The molecule has 144 valence electrons. The van der Waals surface area contributed by atoms with Gasteiger partial charge in [0.2, 0.25) is 0 Å². The summed E-state index contributed by atoms with van der Waals surface area (Å²) in [5, 5.41) is 18.3. The van der Waals surface area contributed by atoms with E-state index in [4.69, 9.17) is 9.47 Å². The Morgan fingerprint density at radius 1 is 1.21 bits per heavy atom. The summed E-state index contributed by atoms with van der Waals surface area (Å²) in [6, 6.07) is 15.2. The summed E-state index contributed by atoms with van der Waals surface area (Å²) in [4.78, 5) is 22.9. The molecule has 0 bridgehead atoms. The van der Waals surface area contributed by atoms with Crippen molar-refractivity contribution in [3.63, 3.8) is 0 Å². The number of para-hydroxylation sites is 1. The number of ether oxygens (including phenoxy) is 2. The van der Waals surface area contributed by atoms with Gasteiger partial charge in [0, 0.05) is 6.07 Å². The van der Waals surface area contributed by atoms with Crippen molar-refractivity contribution in [3.8, 4) is 17.2 Å². The average Bonchev–Trinajstić information content (AvgIpc) is 3.06. The quantitative estimate of drug-likeness (QED) is 0.497. The fourth-order valence-electron chi connectivity index (χ4n) is 2.57. The van der Waals surface area contributed by atoms with Crippen molar-refractivity contribution in [2.75, 3.05) is 19.0 Å². The molecule has 0 radical (unpaired) electrons. The van der Waals surface area contributed by atoms with Crippen molar-refractivity contribution < 1.29 is 19.2 Å². The maximum absolute atomic E-state index is 12.3. The zero-order valence-corrected chi connectivity index (χ0v) is 15.3. The number of carbonyl (C=O) groups is 1. The average molecular weight is 382 g/mol. The SMILES string of the molecule is COc1ccc(OCC(=O)Nc2cc(C)nn2-c2ccccc2)c([N+](=O)[O-])c1. The van der Waals surface area contributed by atoms with E-state index in [2.05, 4.69) is 10.4 Å². The first-order valence-corrected chi connectivity index (χ1v) is 8.35. The summed E-state index contributed by atoms with van der Waals surface area (Å²) in [7, 11) is 1.41. The lowest BCUT2D eigenvalue weighted by Gasteiger charge is -2.10. The zero-order chi connectivity index (χ0) is 20.1. The first-order chi connectivity index (χ1) is 13.5. The molecule has 1 aromatic heterocycles. The van der Waals surface area contributed by atoms with Crippen molar-refractivity contribution >= 4 is 17.4 Å². The summed E-state index contributed by atoms with van der Waals surface area (Å²) in [6.07, 6.45) is 0. The number of amides is 1. The normalized spacial score (nSPS) is 10.4. The van der Waals surface area contributed by atoms with Crippen LogP contribution in [0.5, 0.6) is 11.5 Å². The van der Waals surface area contributed by atoms with Crippen LogP contribution in [0.4, 0.5) is 11.5 Å². The van der Waals surface area contributed by atoms with E-state index >= 15 is 0 Å². The highest BCUT2D eigenvalue weighted by atomic mass is 16.6. The van der Waals surface area contributed by atoms with Gasteiger partial charge < -0.3 is 14.8 Å². The number of nitro groups is 1. The van der Waals surface area contributed by atoms with Crippen LogP contribution in [0.3, 0.4) is 0 Å². The lowest BCUT2D eigenvalue weighted by Crippen LogP contribution is -2.22. The molecule has 0 fully saturated rings. The molecule has 0 saturated heterocycles. The van der Waals surface area contributed by atoms with Gasteiger partial charge in [-0.25, -0.2) is 4.68 Å². The molecule has 1 amide bonds. The predicted molar refractivity (Wildman–Crippen MR) is 102 cm³/mol. The van der Waals surface area contributed by atoms with Crippen molar-refractivity contribution in [2.45, 2.75) is 6.92 Å². The number of carbonyl (C=O) groups excluding carboxylic acids is 1. The number of nitro benzene ring substituents is 1. The van der Waals surface area contributed by atoms with E-state index in [-0.39, 0.29) is 11.4 Å². The van der Waals surface area contributed by atoms with Gasteiger partial charge in [0.15, 0.2) is 12.4 Å². The number of anilines is 1. The van der Waals surface area contributed by atoms with E-state index in [1.54, 1.807) is 10.7 Å². The first-order valence-electron chi connectivity index (χ1n) is 8.35. The Morgan fingerprint density at radius 2 is 1.96 bits per heavy atom. The summed E-state index contributed by atoms with van der Waals surface area (Å²) < 4.78 is 11.9. The number of methoxy groups -OCH3 is 1. The molecule has 9 heteroatoms. The van der Waals surface area contributed by atoms with E-state index in [0.29, 0.717) is 11.6 Å². The highest BCUT2D eigenvalue weighted by Gasteiger charge is 2.18. The molecule has 9 nitrogen and oxygen atoms in total. The van der Waals surface area contributed by atoms with Crippen molar-refractivity contribution in [2.24, 2.45) is 0 Å². The van der Waals surface area contributed by atoms with Gasteiger partial charge >= 0.3 is 5.69 Å². The lowest BCUT2D eigenvalue weighted by molar-refractivity contribution is -0.385. The lowest BCUT2D eigenvalue weighted by atomic mass is 10.3. The Morgan fingerprint density at radius 3 is 2.64 bits per heavy atom. The third-order valence-corrected chi connectivity index (χ3v) is 3.82. The van der Waals surface area contributed by atoms with E-state index in [1.807, 2.05) is 37.3 Å². The molecular weight excluding hydrogens is 364 g/mol. The highest BCUT2D eigenvalue weighted by Crippen LogP contribution is 2.31. The van der Waals surface area contributed by atoms with Crippen LogP contribution in [-0.2, 0) is 4.79 Å². The van der Waals surface area contributed by atoms with Gasteiger partial charge in [-0.3, -0.25) is 14.9 Å². The van der Waals surface area contributed by atoms with Gasteiger partial charge in [-0.05, 0) is 31.2 Å². The minimum Gasteiger partial charge on any atom is -0.496 e. The van der Waals surface area contributed by atoms with Crippen LogP contribution >= 0.6 is 0 Å². The van der Waals surface area contributed by atoms with Crippen LogP contribution in [0.2, 0.25) is 0 Å². The monoisotopic (exact) mass is 382 g/mol. The number of aromatic nitrogens is 2. The molecule has 0 aliphatic rings. The molecular formula is C19H18N4O5. The number of hydrogen-bond donors (Lipinski definition) is 1. The van der Waals surface area contributed by atoms with Crippen LogP contribution < -0.4 is 14.8 Å². The zero-order valence-electron chi connectivity index (χ0n) is 15.3. The molecule has 3 aromatic rings. The van der Waals surface area contributed by atoms with Gasteiger partial charge in [-0.1, -0.05) is 18.2 Å². The number of nitrogens with zero attached hydrogens (tertiary/aromatic N) is 3. The third kappa shape index (κ3) is 4.26. The standard InChI is InChI=1S/C19H18N4O5/c1-13-10-18(22(21-13)14-6-4-3-5-7-14)20-19(24)12-28-17-9-8-15(27-2)11-16(17)23(25)26/h3-11H,12H2,1-2H3,(H,20,24). The minimum absolute atomic E-state index is 0.0197. The fraction of sp³-hybridized carbons (Fsp3) is 0.158. The second-order valence-electron chi connectivity index (χ2n) is 5.85. The Hall–Kier alpha value is -3.88. The molecule has 0 aliphatic carbocycles. The minimum atomic E-state index is -0.594. The van der Waals surface area contributed by atoms with Crippen LogP contribution in [0.15, 0.2) is 54.6 Å². The molecule has 1 N–H and O–H groups in total. The van der Waals surface area contributed by atoms with Gasteiger partial charge in [-0.15, -0.1) is 0 Å². The number of nitrogens with one attached hydrogen (secondary N) is 1. The van der Waals surface area contributed by atoms with Gasteiger partial charge in [-0.2, -0.15) is 5.10 Å². The Balaban J connectivity index is 1.72. The predicted octanol–water partition coefficient (Wildman–Crippen LogP) is 3.12. The third-order valence-electron chi connectivity index (χ3n) is 3.82. The molecule has 3 rings (SSSR count). The van der Waals surface area contributed by atoms with Crippen LogP contribution in [0.1, 0.15) is 5.69 Å². The number of aryl methyl sites for hydroxylation is 1. The summed E-state index contributed by atoms with van der Waals surface area (Å²) in [6.45, 7) is 1.42. The van der Waals surface area contributed by atoms with E-state index in [9.17, 15) is 14.9 Å². The summed E-state index contributed by atoms with van der Waals surface area (Å²) in [5.41, 5.74) is 1.24. The number of rotatable bonds is 7. The van der Waals surface area contributed by atoms with Crippen LogP contribution in [-0.4, -0.2) is 34.3 Å². The molecule has 0 saturated carbocycles. The molecule has 0 spiro atoms. The number of benzene rings is 2. The maximum atomic E-state index is 12.3. The molecule has 28 heavy (non-hydrogen) atoms. The van der Waals surface area contributed by atoms with E-state index in [0.717, 1.165) is 11.4 Å². The van der Waals surface area contributed by atoms with Crippen molar-refractivity contribution in [1.82, 2.24) is 9.78 Å². The fourth-order valence-corrected chi connectivity index (χ4v) is 2.57. The van der Waals surface area contributed by atoms with Crippen molar-refractivity contribution in [1.29, 1.82) is 0 Å². The summed E-state index contributed by atoms with van der Waals surface area (Å²) >= 11 is 0. The Kier molecular flexibility index (Phi) is 5.54. The molecule has 0 atom stereocenters. The Labute approximate surface area is 160 Å². The molecule has 2 aromatic carbocycles. The van der Waals surface area contributed by atoms with E-state index < -0.39 is 17.4 Å². The maximum Gasteiger partial charge on any atom is 0.314 e. The second-order valence-corrected chi connectivity index (χ2v) is 5.85. The molecule has 0 unspecified atom stereocenters. The second kappa shape index (κ2) is 8.21. The van der Waals surface area contributed by atoms with Gasteiger partial charge in [0.05, 0.1) is 29.5 Å². The van der Waals surface area contributed by atoms with Gasteiger partial charge in [0.25, 0.3) is 5.91 Å². The van der Waals surface area contributed by atoms with Crippen LogP contribution in [0, 0.1) is 17.0 Å². The smallest absolute Gasteiger partial charge is 0.314 e. The largest absolute Gasteiger partial charge is 0.496 e. The molecule has 0 aliphatic heterocycles. The topological polar surface area (TPSA) is 109 Å². The van der Waals surface area contributed by atoms with Crippen LogP contribution in [0.25, 0.3) is 5.69 Å². The summed E-state index contributed by atoms with van der Waals surface area (Å²) in [5.74, 6) is 0.308. The first kappa shape index (κ1) is 18.9. The van der Waals surface area contributed by atoms with E-state index in [1.165, 1.54) is 25.3 Å². The highest BCUT2D eigenvalue weighted by molar-refractivity contribution is 5.91. The van der Waals surface area contributed by atoms with Gasteiger partial charge in [0.1, 0.15) is 11.6 Å². The van der Waals surface area contributed by atoms with Crippen molar-refractivity contribution in [3.05, 3.63) is 70.4 Å². The number of hydrogen-bond acceptors (Lipinski definition) is 6.